The quantitative estimate of drug-likeness (QED) is 0.737. The van der Waals surface area contributed by atoms with Gasteiger partial charge in [-0.3, -0.25) is 4.79 Å². The number of carbonyl (C=O) groups is 1. The number of nitrogens with one attached hydrogen (secondary N) is 1. The van der Waals surface area contributed by atoms with Crippen molar-refractivity contribution in [3.05, 3.63) is 0 Å². The molecular formula is C13H26N2O2. The summed E-state index contributed by atoms with van der Waals surface area (Å²) in [6, 6.07) is 0.194. The highest BCUT2D eigenvalue weighted by atomic mass is 16.5. The number of hydrogen-bond acceptors (Lipinski definition) is 3. The molecule has 1 rings (SSSR count). The van der Waals surface area contributed by atoms with E-state index < -0.39 is 0 Å². The summed E-state index contributed by atoms with van der Waals surface area (Å²) in [5, 5.41) is 2.94. The van der Waals surface area contributed by atoms with Gasteiger partial charge in [-0.15, -0.1) is 0 Å². The number of nitrogens with two attached hydrogens (primary N) is 1. The molecule has 0 aromatic rings. The Morgan fingerprint density at radius 3 is 2.71 bits per heavy atom. The number of ether oxygens (including phenoxy) is 1. The molecule has 0 aromatic carbocycles. The van der Waals surface area contributed by atoms with Crippen molar-refractivity contribution in [2.75, 3.05) is 13.2 Å². The van der Waals surface area contributed by atoms with Crippen LogP contribution in [-0.4, -0.2) is 31.2 Å². The van der Waals surface area contributed by atoms with E-state index >= 15 is 0 Å². The number of rotatable bonds is 6. The van der Waals surface area contributed by atoms with Gasteiger partial charge in [0.25, 0.3) is 0 Å². The number of amides is 1. The lowest BCUT2D eigenvalue weighted by atomic mass is 10.1. The van der Waals surface area contributed by atoms with Crippen LogP contribution in [0.15, 0.2) is 0 Å². The van der Waals surface area contributed by atoms with E-state index in [1.54, 1.807) is 0 Å². The molecule has 100 valence electrons. The molecule has 1 saturated carbocycles. The van der Waals surface area contributed by atoms with Crippen molar-refractivity contribution in [1.29, 1.82) is 0 Å². The molecule has 3 N–H and O–H groups in total. The average molecular weight is 242 g/mol. The summed E-state index contributed by atoms with van der Waals surface area (Å²) in [5.74, 6) is 0.862. The minimum Gasteiger partial charge on any atom is -0.368 e. The third-order valence-electron chi connectivity index (χ3n) is 3.71. The number of carbonyl (C=O) groups excluding carboxylic acids is 1. The van der Waals surface area contributed by atoms with Crippen LogP contribution in [-0.2, 0) is 9.53 Å². The SMILES string of the molecule is CC(C)C(C)NC(=O)COC1CCCC1CN. The normalized spacial score (nSPS) is 26.2. The predicted molar refractivity (Wildman–Crippen MR) is 68.6 cm³/mol. The zero-order valence-electron chi connectivity index (χ0n) is 11.2. The first kappa shape index (κ1) is 14.5. The van der Waals surface area contributed by atoms with E-state index in [4.69, 9.17) is 10.5 Å². The minimum atomic E-state index is -0.0196. The number of hydrogen-bond donors (Lipinski definition) is 2. The van der Waals surface area contributed by atoms with Crippen LogP contribution >= 0.6 is 0 Å². The molecule has 1 amide bonds. The Balaban J connectivity index is 2.23. The van der Waals surface area contributed by atoms with Gasteiger partial charge in [-0.05, 0) is 38.1 Å². The van der Waals surface area contributed by atoms with Crippen LogP contribution in [0, 0.1) is 11.8 Å². The molecule has 1 fully saturated rings. The van der Waals surface area contributed by atoms with Gasteiger partial charge in [0.2, 0.25) is 5.91 Å². The molecule has 1 aliphatic carbocycles. The minimum absolute atomic E-state index is 0.0196. The highest BCUT2D eigenvalue weighted by Gasteiger charge is 2.27. The monoisotopic (exact) mass is 242 g/mol. The van der Waals surface area contributed by atoms with Crippen molar-refractivity contribution < 1.29 is 9.53 Å². The highest BCUT2D eigenvalue weighted by Crippen LogP contribution is 2.27. The first-order valence-corrected chi connectivity index (χ1v) is 6.65. The van der Waals surface area contributed by atoms with Gasteiger partial charge < -0.3 is 15.8 Å². The van der Waals surface area contributed by atoms with Crippen LogP contribution in [0.4, 0.5) is 0 Å². The fourth-order valence-corrected chi connectivity index (χ4v) is 2.14. The molecule has 0 bridgehead atoms. The molecule has 4 nitrogen and oxygen atoms in total. The summed E-state index contributed by atoms with van der Waals surface area (Å²) in [5.41, 5.74) is 5.67. The zero-order chi connectivity index (χ0) is 12.8. The third kappa shape index (κ3) is 4.64. The van der Waals surface area contributed by atoms with Gasteiger partial charge in [-0.25, -0.2) is 0 Å². The molecule has 17 heavy (non-hydrogen) atoms. The van der Waals surface area contributed by atoms with Gasteiger partial charge in [0.15, 0.2) is 0 Å². The van der Waals surface area contributed by atoms with Crippen molar-refractivity contribution in [2.45, 2.75) is 52.2 Å². The van der Waals surface area contributed by atoms with E-state index in [9.17, 15) is 4.79 Å². The van der Waals surface area contributed by atoms with Crippen molar-refractivity contribution in [1.82, 2.24) is 5.32 Å². The van der Waals surface area contributed by atoms with Gasteiger partial charge >= 0.3 is 0 Å². The van der Waals surface area contributed by atoms with Gasteiger partial charge in [0.05, 0.1) is 6.10 Å². The largest absolute Gasteiger partial charge is 0.368 e. The Morgan fingerprint density at radius 2 is 2.12 bits per heavy atom. The molecular weight excluding hydrogens is 216 g/mol. The van der Waals surface area contributed by atoms with E-state index in [0.29, 0.717) is 18.4 Å². The van der Waals surface area contributed by atoms with E-state index in [-0.39, 0.29) is 24.7 Å². The maximum absolute atomic E-state index is 11.6. The molecule has 0 radical (unpaired) electrons. The third-order valence-corrected chi connectivity index (χ3v) is 3.71. The first-order valence-electron chi connectivity index (χ1n) is 6.65. The lowest BCUT2D eigenvalue weighted by Gasteiger charge is -2.20. The second kappa shape index (κ2) is 6.97. The molecule has 0 aliphatic heterocycles. The molecule has 3 unspecified atom stereocenters. The molecule has 3 atom stereocenters. The summed E-state index contributed by atoms with van der Waals surface area (Å²) < 4.78 is 5.66. The van der Waals surface area contributed by atoms with E-state index in [1.807, 2.05) is 6.92 Å². The van der Waals surface area contributed by atoms with E-state index in [0.717, 1.165) is 19.3 Å². The van der Waals surface area contributed by atoms with Crippen LogP contribution in [0.25, 0.3) is 0 Å². The predicted octanol–water partition coefficient (Wildman–Crippen LogP) is 1.29. The van der Waals surface area contributed by atoms with Crippen molar-refractivity contribution >= 4 is 5.91 Å². The van der Waals surface area contributed by atoms with Gasteiger partial charge in [0.1, 0.15) is 6.61 Å². The summed E-state index contributed by atoms with van der Waals surface area (Å²) in [6.45, 7) is 7.02. The Bertz CT molecular complexity index is 244. The molecule has 0 saturated heterocycles. The second-order valence-corrected chi connectivity index (χ2v) is 5.38. The Morgan fingerprint density at radius 1 is 1.41 bits per heavy atom. The van der Waals surface area contributed by atoms with Crippen molar-refractivity contribution in [3.8, 4) is 0 Å². The Labute approximate surface area is 104 Å². The summed E-state index contributed by atoms with van der Waals surface area (Å²) in [6.07, 6.45) is 3.51. The van der Waals surface area contributed by atoms with Crippen molar-refractivity contribution in [2.24, 2.45) is 17.6 Å². The van der Waals surface area contributed by atoms with Crippen LogP contribution in [0.2, 0.25) is 0 Å². The summed E-state index contributed by atoms with van der Waals surface area (Å²) in [4.78, 5) is 11.6. The van der Waals surface area contributed by atoms with Crippen LogP contribution in [0.5, 0.6) is 0 Å². The summed E-state index contributed by atoms with van der Waals surface area (Å²) >= 11 is 0. The molecule has 0 spiro atoms. The molecule has 0 heterocycles. The Hall–Kier alpha value is -0.610. The van der Waals surface area contributed by atoms with Crippen molar-refractivity contribution in [3.63, 3.8) is 0 Å². The van der Waals surface area contributed by atoms with Gasteiger partial charge in [-0.2, -0.15) is 0 Å². The molecule has 0 aromatic heterocycles. The van der Waals surface area contributed by atoms with E-state index in [2.05, 4.69) is 19.2 Å². The first-order chi connectivity index (χ1) is 8.04. The lowest BCUT2D eigenvalue weighted by Crippen LogP contribution is -2.39. The fraction of sp³-hybridized carbons (Fsp3) is 0.923. The Kier molecular flexibility index (Phi) is 5.92. The van der Waals surface area contributed by atoms with E-state index in [1.165, 1.54) is 0 Å². The topological polar surface area (TPSA) is 64.3 Å². The lowest BCUT2D eigenvalue weighted by molar-refractivity contribution is -0.129. The summed E-state index contributed by atoms with van der Waals surface area (Å²) in [7, 11) is 0. The standard InChI is InChI=1S/C13H26N2O2/c1-9(2)10(3)15-13(16)8-17-12-6-4-5-11(12)7-14/h9-12H,4-8,14H2,1-3H3,(H,15,16). The highest BCUT2D eigenvalue weighted by molar-refractivity contribution is 5.77. The second-order valence-electron chi connectivity index (χ2n) is 5.38. The van der Waals surface area contributed by atoms with Gasteiger partial charge in [0, 0.05) is 6.04 Å². The van der Waals surface area contributed by atoms with Crippen LogP contribution in [0.3, 0.4) is 0 Å². The van der Waals surface area contributed by atoms with Crippen LogP contribution in [0.1, 0.15) is 40.0 Å². The molecule has 4 heteroatoms. The average Bonchev–Trinajstić information content (AvgIpc) is 2.73. The van der Waals surface area contributed by atoms with Crippen LogP contribution < -0.4 is 11.1 Å². The maximum atomic E-state index is 11.6. The zero-order valence-corrected chi connectivity index (χ0v) is 11.2. The smallest absolute Gasteiger partial charge is 0.246 e. The fourth-order valence-electron chi connectivity index (χ4n) is 2.14. The van der Waals surface area contributed by atoms with Gasteiger partial charge in [-0.1, -0.05) is 20.3 Å². The maximum Gasteiger partial charge on any atom is 0.246 e. The molecule has 1 aliphatic rings.